The van der Waals surface area contributed by atoms with Crippen LogP contribution in [0.1, 0.15) is 12.0 Å². The van der Waals surface area contributed by atoms with Gasteiger partial charge in [-0.15, -0.1) is 0 Å². The number of rotatable bonds is 4. The first-order valence-corrected chi connectivity index (χ1v) is 8.06. The summed E-state index contributed by atoms with van der Waals surface area (Å²) in [4.78, 5) is 17.4. The van der Waals surface area contributed by atoms with Crippen LogP contribution in [0.3, 0.4) is 0 Å². The summed E-state index contributed by atoms with van der Waals surface area (Å²) in [6, 6.07) is 9.16. The summed E-state index contributed by atoms with van der Waals surface area (Å²) < 4.78 is 19.0. The van der Waals surface area contributed by atoms with E-state index in [0.717, 1.165) is 0 Å². The van der Waals surface area contributed by atoms with Crippen LogP contribution in [0.5, 0.6) is 5.75 Å². The molecule has 0 aliphatic carbocycles. The van der Waals surface area contributed by atoms with Gasteiger partial charge in [-0.25, -0.2) is 4.39 Å². The number of carbonyl (C=O) groups is 1. The normalized spacial score (nSPS) is 16.2. The van der Waals surface area contributed by atoms with Gasteiger partial charge in [-0.2, -0.15) is 0 Å². The fourth-order valence-electron chi connectivity index (χ4n) is 2.41. The van der Waals surface area contributed by atoms with Crippen molar-refractivity contribution in [2.45, 2.75) is 12.5 Å². The predicted octanol–water partition coefficient (Wildman–Crippen LogP) is 4.27. The van der Waals surface area contributed by atoms with E-state index in [9.17, 15) is 9.18 Å². The zero-order chi connectivity index (χ0) is 18.0. The van der Waals surface area contributed by atoms with Crippen LogP contribution in [-0.4, -0.2) is 24.8 Å². The minimum Gasteiger partial charge on any atom is -0.495 e. The van der Waals surface area contributed by atoms with E-state index in [1.54, 1.807) is 24.3 Å². The number of anilines is 1. The molecule has 1 unspecified atom stereocenters. The number of nitrogens with zero attached hydrogens (tertiary/aromatic N) is 1. The molecule has 2 aromatic rings. The van der Waals surface area contributed by atoms with E-state index in [-0.39, 0.29) is 22.7 Å². The Hall–Kier alpha value is -2.31. The molecule has 5 nitrogen and oxygen atoms in total. The van der Waals surface area contributed by atoms with Gasteiger partial charge in [0, 0.05) is 12.1 Å². The van der Waals surface area contributed by atoms with Gasteiger partial charge in [0.15, 0.2) is 0 Å². The van der Waals surface area contributed by atoms with Crippen LogP contribution in [-0.2, 0) is 9.63 Å². The summed E-state index contributed by atoms with van der Waals surface area (Å²) >= 11 is 12.0. The molecule has 0 spiro atoms. The SMILES string of the molecule is COc1ccc(NC(=O)C2CC(c3c(F)cccc3Cl)=NO2)cc1Cl. The van der Waals surface area contributed by atoms with Crippen LogP contribution in [0.2, 0.25) is 10.0 Å². The number of halogens is 3. The van der Waals surface area contributed by atoms with Crippen LogP contribution in [0.4, 0.5) is 10.1 Å². The van der Waals surface area contributed by atoms with Gasteiger partial charge < -0.3 is 14.9 Å². The topological polar surface area (TPSA) is 59.9 Å². The lowest BCUT2D eigenvalue weighted by Crippen LogP contribution is -2.28. The van der Waals surface area contributed by atoms with Crippen LogP contribution in [0.25, 0.3) is 0 Å². The Morgan fingerprint density at radius 1 is 1.32 bits per heavy atom. The number of benzene rings is 2. The molecule has 1 aliphatic rings. The quantitative estimate of drug-likeness (QED) is 0.858. The number of hydrogen-bond donors (Lipinski definition) is 1. The molecule has 1 aliphatic heterocycles. The second kappa shape index (κ2) is 7.29. The highest BCUT2D eigenvalue weighted by Crippen LogP contribution is 2.29. The molecule has 1 heterocycles. The molecule has 1 N–H and O–H groups in total. The van der Waals surface area contributed by atoms with Crippen molar-refractivity contribution < 1.29 is 18.8 Å². The number of oxime groups is 1. The highest BCUT2D eigenvalue weighted by atomic mass is 35.5. The van der Waals surface area contributed by atoms with Crippen LogP contribution in [0.15, 0.2) is 41.6 Å². The summed E-state index contributed by atoms with van der Waals surface area (Å²) in [7, 11) is 1.50. The van der Waals surface area contributed by atoms with Crippen LogP contribution in [0, 0.1) is 5.82 Å². The lowest BCUT2D eigenvalue weighted by atomic mass is 10.0. The second-order valence-electron chi connectivity index (χ2n) is 5.27. The Bertz CT molecular complexity index is 838. The van der Waals surface area contributed by atoms with Crippen molar-refractivity contribution in [3.63, 3.8) is 0 Å². The number of nitrogens with one attached hydrogen (secondary N) is 1. The van der Waals surface area contributed by atoms with Gasteiger partial charge in [0.1, 0.15) is 11.6 Å². The van der Waals surface area contributed by atoms with Gasteiger partial charge in [0.25, 0.3) is 5.91 Å². The minimum atomic E-state index is -0.883. The maximum absolute atomic E-state index is 13.9. The first kappa shape index (κ1) is 17.5. The van der Waals surface area contributed by atoms with E-state index in [1.165, 1.54) is 19.2 Å². The summed E-state index contributed by atoms with van der Waals surface area (Å²) in [6.07, 6.45) is -0.775. The van der Waals surface area contributed by atoms with Gasteiger partial charge in [0.05, 0.1) is 28.4 Å². The van der Waals surface area contributed by atoms with Crippen molar-refractivity contribution >= 4 is 40.5 Å². The molecular weight excluding hydrogens is 370 g/mol. The molecule has 130 valence electrons. The molecule has 0 aromatic heterocycles. The van der Waals surface area contributed by atoms with E-state index in [2.05, 4.69) is 10.5 Å². The number of ether oxygens (including phenoxy) is 1. The number of amides is 1. The Morgan fingerprint density at radius 3 is 2.80 bits per heavy atom. The van der Waals surface area contributed by atoms with Crippen molar-refractivity contribution in [1.29, 1.82) is 0 Å². The first-order valence-electron chi connectivity index (χ1n) is 7.31. The Labute approximate surface area is 153 Å². The van der Waals surface area contributed by atoms with Gasteiger partial charge >= 0.3 is 0 Å². The fraction of sp³-hybridized carbons (Fsp3) is 0.176. The van der Waals surface area contributed by atoms with Gasteiger partial charge in [-0.05, 0) is 30.3 Å². The summed E-state index contributed by atoms with van der Waals surface area (Å²) in [6.45, 7) is 0. The molecule has 0 saturated carbocycles. The minimum absolute atomic E-state index is 0.108. The first-order chi connectivity index (χ1) is 12.0. The van der Waals surface area contributed by atoms with Gasteiger partial charge in [0.2, 0.25) is 6.10 Å². The average molecular weight is 383 g/mol. The van der Waals surface area contributed by atoms with Gasteiger partial charge in [-0.3, -0.25) is 4.79 Å². The molecule has 0 saturated heterocycles. The molecular formula is C17H13Cl2FN2O3. The van der Waals surface area contributed by atoms with E-state index in [4.69, 9.17) is 32.8 Å². The van der Waals surface area contributed by atoms with E-state index in [1.807, 2.05) is 0 Å². The van der Waals surface area contributed by atoms with Crippen molar-refractivity contribution in [2.75, 3.05) is 12.4 Å². The van der Waals surface area contributed by atoms with Crippen molar-refractivity contribution in [2.24, 2.45) is 5.16 Å². The third kappa shape index (κ3) is 3.70. The molecule has 0 radical (unpaired) electrons. The number of carbonyl (C=O) groups excluding carboxylic acids is 1. The average Bonchev–Trinajstić information content (AvgIpc) is 3.04. The highest BCUT2D eigenvalue weighted by molar-refractivity contribution is 6.34. The van der Waals surface area contributed by atoms with E-state index in [0.29, 0.717) is 16.5 Å². The number of hydrogen-bond acceptors (Lipinski definition) is 4. The molecule has 8 heteroatoms. The van der Waals surface area contributed by atoms with E-state index < -0.39 is 17.8 Å². The third-order valence-electron chi connectivity index (χ3n) is 3.63. The largest absolute Gasteiger partial charge is 0.495 e. The summed E-state index contributed by atoms with van der Waals surface area (Å²) in [5.41, 5.74) is 0.916. The van der Waals surface area contributed by atoms with Crippen LogP contribution < -0.4 is 10.1 Å². The highest BCUT2D eigenvalue weighted by Gasteiger charge is 2.31. The fourth-order valence-corrected chi connectivity index (χ4v) is 2.94. The maximum Gasteiger partial charge on any atom is 0.268 e. The van der Waals surface area contributed by atoms with E-state index >= 15 is 0 Å². The Balaban J connectivity index is 1.69. The lowest BCUT2D eigenvalue weighted by molar-refractivity contribution is -0.125. The Kier molecular flexibility index (Phi) is 5.11. The van der Waals surface area contributed by atoms with Gasteiger partial charge in [-0.1, -0.05) is 34.4 Å². The van der Waals surface area contributed by atoms with Crippen molar-refractivity contribution in [1.82, 2.24) is 0 Å². The predicted molar refractivity (Wildman–Crippen MR) is 94.1 cm³/mol. The van der Waals surface area contributed by atoms with Crippen LogP contribution >= 0.6 is 23.2 Å². The molecule has 0 bridgehead atoms. The maximum atomic E-state index is 13.9. The van der Waals surface area contributed by atoms with Crippen molar-refractivity contribution in [3.8, 4) is 5.75 Å². The standard InChI is InChI=1S/C17H13Cl2FN2O3/c1-24-14-6-5-9(7-11(14)19)21-17(23)15-8-13(22-25-15)16-10(18)3-2-4-12(16)20/h2-7,15H,8H2,1H3,(H,21,23). The third-order valence-corrected chi connectivity index (χ3v) is 4.24. The lowest BCUT2D eigenvalue weighted by Gasteiger charge is -2.11. The smallest absolute Gasteiger partial charge is 0.268 e. The molecule has 1 amide bonds. The molecule has 0 fully saturated rings. The summed E-state index contributed by atoms with van der Waals surface area (Å²) in [5, 5.41) is 7.05. The zero-order valence-corrected chi connectivity index (χ0v) is 14.6. The summed E-state index contributed by atoms with van der Waals surface area (Å²) in [5.74, 6) is -0.443. The second-order valence-corrected chi connectivity index (χ2v) is 6.09. The molecule has 2 aromatic carbocycles. The molecule has 1 atom stereocenters. The molecule has 3 rings (SSSR count). The zero-order valence-electron chi connectivity index (χ0n) is 13.1. The van der Waals surface area contributed by atoms with Crippen molar-refractivity contribution in [3.05, 3.63) is 57.8 Å². The molecule has 25 heavy (non-hydrogen) atoms. The monoisotopic (exact) mass is 382 g/mol. The number of methoxy groups -OCH3 is 1. The Morgan fingerprint density at radius 2 is 2.12 bits per heavy atom.